The second-order valence-electron chi connectivity index (χ2n) is 6.18. The number of anilines is 1. The maximum absolute atomic E-state index is 12.3. The number of benzene rings is 2. The Morgan fingerprint density at radius 2 is 1.46 bits per heavy atom. The minimum Gasteiger partial charge on any atom is -0.457 e. The van der Waals surface area contributed by atoms with Crippen LogP contribution in [0.3, 0.4) is 0 Å². The molecule has 0 radical (unpaired) electrons. The molecule has 2 aromatic rings. The first kappa shape index (κ1) is 17.8. The van der Waals surface area contributed by atoms with Gasteiger partial charge in [-0.15, -0.1) is 0 Å². The molecule has 1 fully saturated rings. The van der Waals surface area contributed by atoms with E-state index in [1.54, 1.807) is 16.7 Å². The Balaban J connectivity index is 1.46. The Bertz CT molecular complexity index is 739. The van der Waals surface area contributed by atoms with Crippen molar-refractivity contribution >= 4 is 17.5 Å². The molecule has 0 aliphatic carbocycles. The van der Waals surface area contributed by atoms with Crippen LogP contribution in [0, 0.1) is 0 Å². The lowest BCUT2D eigenvalue weighted by Gasteiger charge is -2.34. The zero-order valence-electron chi connectivity index (χ0n) is 14.9. The van der Waals surface area contributed by atoms with Gasteiger partial charge in [-0.2, -0.15) is 0 Å². The van der Waals surface area contributed by atoms with Crippen molar-refractivity contribution < 1.29 is 14.3 Å². The van der Waals surface area contributed by atoms with E-state index in [9.17, 15) is 9.59 Å². The molecular weight excluding hydrogens is 330 g/mol. The van der Waals surface area contributed by atoms with E-state index >= 15 is 0 Å². The summed E-state index contributed by atoms with van der Waals surface area (Å²) in [6.07, 6.45) is 0. The van der Waals surface area contributed by atoms with Crippen LogP contribution >= 0.6 is 0 Å². The van der Waals surface area contributed by atoms with Crippen molar-refractivity contribution in [2.45, 2.75) is 6.92 Å². The number of carbonyl (C=O) groups excluding carboxylic acids is 2. The molecule has 0 bridgehead atoms. The van der Waals surface area contributed by atoms with E-state index in [2.05, 4.69) is 5.32 Å². The van der Waals surface area contributed by atoms with Crippen LogP contribution in [0.2, 0.25) is 0 Å². The second kappa shape index (κ2) is 8.38. The van der Waals surface area contributed by atoms with Gasteiger partial charge in [-0.1, -0.05) is 18.2 Å². The molecule has 136 valence electrons. The van der Waals surface area contributed by atoms with E-state index in [1.165, 1.54) is 0 Å². The third-order valence-corrected chi connectivity index (χ3v) is 4.35. The lowest BCUT2D eigenvalue weighted by Crippen LogP contribution is -2.51. The summed E-state index contributed by atoms with van der Waals surface area (Å²) in [5, 5.41) is 3.14. The van der Waals surface area contributed by atoms with Crippen LogP contribution in [0.4, 0.5) is 5.69 Å². The highest BCUT2D eigenvalue weighted by Crippen LogP contribution is 2.22. The molecule has 0 atom stereocenters. The molecule has 0 saturated carbocycles. The van der Waals surface area contributed by atoms with Crippen molar-refractivity contribution in [3.8, 4) is 11.5 Å². The summed E-state index contributed by atoms with van der Waals surface area (Å²) >= 11 is 0. The van der Waals surface area contributed by atoms with Gasteiger partial charge < -0.3 is 19.9 Å². The van der Waals surface area contributed by atoms with Gasteiger partial charge in [0.05, 0.1) is 6.54 Å². The van der Waals surface area contributed by atoms with Crippen LogP contribution in [0.15, 0.2) is 54.6 Å². The van der Waals surface area contributed by atoms with Crippen molar-refractivity contribution in [1.82, 2.24) is 9.80 Å². The van der Waals surface area contributed by atoms with Gasteiger partial charge in [0.2, 0.25) is 11.8 Å². The highest BCUT2D eigenvalue weighted by atomic mass is 16.5. The lowest BCUT2D eigenvalue weighted by atomic mass is 10.2. The van der Waals surface area contributed by atoms with Crippen LogP contribution in [0.1, 0.15) is 6.92 Å². The SMILES string of the molecule is CC(=O)N1CCN(C(=O)CNc2ccc(Oc3ccccc3)cc2)CC1. The fourth-order valence-electron chi connectivity index (χ4n) is 2.83. The van der Waals surface area contributed by atoms with Crippen molar-refractivity contribution in [2.24, 2.45) is 0 Å². The van der Waals surface area contributed by atoms with E-state index < -0.39 is 0 Å². The van der Waals surface area contributed by atoms with Gasteiger partial charge in [0.1, 0.15) is 11.5 Å². The molecule has 1 aliphatic heterocycles. The van der Waals surface area contributed by atoms with E-state index in [0.29, 0.717) is 26.2 Å². The summed E-state index contributed by atoms with van der Waals surface area (Å²) in [5.74, 6) is 1.63. The summed E-state index contributed by atoms with van der Waals surface area (Å²) in [6, 6.07) is 17.1. The summed E-state index contributed by atoms with van der Waals surface area (Å²) in [5.41, 5.74) is 0.862. The largest absolute Gasteiger partial charge is 0.457 e. The number of hydrogen-bond donors (Lipinski definition) is 1. The summed E-state index contributed by atoms with van der Waals surface area (Å²) in [4.78, 5) is 27.2. The molecule has 1 aliphatic rings. The fraction of sp³-hybridized carbons (Fsp3) is 0.300. The van der Waals surface area contributed by atoms with Gasteiger partial charge in [0, 0.05) is 38.8 Å². The van der Waals surface area contributed by atoms with Crippen molar-refractivity contribution in [1.29, 1.82) is 0 Å². The topological polar surface area (TPSA) is 61.9 Å². The fourth-order valence-corrected chi connectivity index (χ4v) is 2.83. The number of nitrogens with one attached hydrogen (secondary N) is 1. The maximum atomic E-state index is 12.3. The van der Waals surface area contributed by atoms with Gasteiger partial charge in [0.25, 0.3) is 0 Å². The third kappa shape index (κ3) is 4.75. The van der Waals surface area contributed by atoms with Gasteiger partial charge in [-0.05, 0) is 36.4 Å². The first-order valence-electron chi connectivity index (χ1n) is 8.72. The molecule has 0 spiro atoms. The second-order valence-corrected chi connectivity index (χ2v) is 6.18. The van der Waals surface area contributed by atoms with Crippen molar-refractivity contribution in [3.05, 3.63) is 54.6 Å². The van der Waals surface area contributed by atoms with Crippen molar-refractivity contribution in [3.63, 3.8) is 0 Å². The van der Waals surface area contributed by atoms with E-state index in [4.69, 9.17) is 4.74 Å². The molecule has 1 N–H and O–H groups in total. The Labute approximate surface area is 153 Å². The molecule has 26 heavy (non-hydrogen) atoms. The molecule has 1 saturated heterocycles. The predicted octanol–water partition coefficient (Wildman–Crippen LogP) is 2.58. The Kier molecular flexibility index (Phi) is 5.73. The number of para-hydroxylation sites is 1. The van der Waals surface area contributed by atoms with Gasteiger partial charge in [-0.3, -0.25) is 9.59 Å². The van der Waals surface area contributed by atoms with Crippen LogP contribution in [0.25, 0.3) is 0 Å². The first-order chi connectivity index (χ1) is 12.6. The Morgan fingerprint density at radius 1 is 0.885 bits per heavy atom. The zero-order chi connectivity index (χ0) is 18.4. The van der Waals surface area contributed by atoms with E-state index in [-0.39, 0.29) is 18.4 Å². The zero-order valence-corrected chi connectivity index (χ0v) is 14.9. The summed E-state index contributed by atoms with van der Waals surface area (Å²) < 4.78 is 5.75. The Morgan fingerprint density at radius 3 is 2.08 bits per heavy atom. The summed E-state index contributed by atoms with van der Waals surface area (Å²) in [6.45, 7) is 4.18. The average molecular weight is 353 g/mol. The molecule has 6 nitrogen and oxygen atoms in total. The van der Waals surface area contributed by atoms with Gasteiger partial charge in [-0.25, -0.2) is 0 Å². The highest BCUT2D eigenvalue weighted by molar-refractivity contribution is 5.81. The smallest absolute Gasteiger partial charge is 0.241 e. The van der Waals surface area contributed by atoms with Crippen LogP contribution in [0.5, 0.6) is 11.5 Å². The molecule has 1 heterocycles. The van der Waals surface area contributed by atoms with Crippen LogP contribution in [-0.4, -0.2) is 54.3 Å². The van der Waals surface area contributed by atoms with Gasteiger partial charge >= 0.3 is 0 Å². The molecule has 2 aromatic carbocycles. The quantitative estimate of drug-likeness (QED) is 0.897. The number of nitrogens with zero attached hydrogens (tertiary/aromatic N) is 2. The maximum Gasteiger partial charge on any atom is 0.241 e. The van der Waals surface area contributed by atoms with Crippen LogP contribution < -0.4 is 10.1 Å². The van der Waals surface area contributed by atoms with Crippen molar-refractivity contribution in [2.75, 3.05) is 38.0 Å². The van der Waals surface area contributed by atoms with E-state index in [1.807, 2.05) is 54.6 Å². The molecule has 0 aromatic heterocycles. The highest BCUT2D eigenvalue weighted by Gasteiger charge is 2.21. The minimum absolute atomic E-state index is 0.0396. The number of rotatable bonds is 5. The number of amides is 2. The van der Waals surface area contributed by atoms with E-state index in [0.717, 1.165) is 17.2 Å². The number of ether oxygens (including phenoxy) is 1. The summed E-state index contributed by atoms with van der Waals surface area (Å²) in [7, 11) is 0. The van der Waals surface area contributed by atoms with Gasteiger partial charge in [0.15, 0.2) is 0 Å². The molecular formula is C20H23N3O3. The molecule has 2 amide bonds. The molecule has 3 rings (SSSR count). The lowest BCUT2D eigenvalue weighted by molar-refractivity contribution is -0.137. The molecule has 0 unspecified atom stereocenters. The third-order valence-electron chi connectivity index (χ3n) is 4.35. The normalized spacial score (nSPS) is 14.0. The number of piperazine rings is 1. The Hall–Kier alpha value is -3.02. The minimum atomic E-state index is 0.0396. The predicted molar refractivity (Wildman–Crippen MR) is 100 cm³/mol. The number of hydrogen-bond acceptors (Lipinski definition) is 4. The first-order valence-corrected chi connectivity index (χ1v) is 8.72. The standard InChI is InChI=1S/C20H23N3O3/c1-16(24)22-11-13-23(14-12-22)20(25)15-21-17-7-9-19(10-8-17)26-18-5-3-2-4-6-18/h2-10,21H,11-15H2,1H3. The molecule has 6 heteroatoms. The number of carbonyl (C=O) groups is 2. The monoisotopic (exact) mass is 353 g/mol. The average Bonchev–Trinajstić information content (AvgIpc) is 2.68. The van der Waals surface area contributed by atoms with Crippen LogP contribution in [-0.2, 0) is 9.59 Å².